The van der Waals surface area contributed by atoms with Gasteiger partial charge in [0, 0.05) is 11.6 Å². The molecule has 0 aromatic carbocycles. The Labute approximate surface area is 113 Å². The first-order valence-electron chi connectivity index (χ1n) is 7.08. The Morgan fingerprint density at radius 2 is 1.61 bits per heavy atom. The fraction of sp³-hybridized carbons (Fsp3) is 1.00. The molecule has 4 heteroatoms. The fourth-order valence-corrected chi connectivity index (χ4v) is 4.28. The van der Waals surface area contributed by atoms with Gasteiger partial charge in [-0.05, 0) is 33.6 Å². The van der Waals surface area contributed by atoms with Crippen molar-refractivity contribution in [3.8, 4) is 0 Å². The van der Waals surface area contributed by atoms with Crippen molar-refractivity contribution in [3.63, 3.8) is 0 Å². The summed E-state index contributed by atoms with van der Waals surface area (Å²) in [6.07, 6.45) is 5.48. The zero-order valence-electron chi connectivity index (χ0n) is 12.5. The molecule has 108 valence electrons. The predicted octanol–water partition coefficient (Wildman–Crippen LogP) is 2.90. The summed E-state index contributed by atoms with van der Waals surface area (Å²) in [5.74, 6) is 0.279. The van der Waals surface area contributed by atoms with E-state index in [1.54, 1.807) is 20.8 Å². The van der Waals surface area contributed by atoms with Gasteiger partial charge >= 0.3 is 0 Å². The van der Waals surface area contributed by atoms with Crippen molar-refractivity contribution < 1.29 is 8.42 Å². The lowest BCUT2D eigenvalue weighted by Crippen LogP contribution is -2.56. The number of hydrogen-bond acceptors (Lipinski definition) is 3. The van der Waals surface area contributed by atoms with E-state index in [1.165, 1.54) is 6.42 Å². The lowest BCUT2D eigenvalue weighted by Gasteiger charge is -2.41. The van der Waals surface area contributed by atoms with Crippen molar-refractivity contribution in [2.24, 2.45) is 0 Å². The van der Waals surface area contributed by atoms with Crippen molar-refractivity contribution >= 4 is 9.84 Å². The molecule has 3 nitrogen and oxygen atoms in total. The third-order valence-electron chi connectivity index (χ3n) is 3.80. The zero-order valence-corrected chi connectivity index (χ0v) is 13.4. The first kappa shape index (κ1) is 16.0. The maximum Gasteiger partial charge on any atom is 0.156 e. The molecule has 0 heterocycles. The fourth-order valence-electron chi connectivity index (χ4n) is 2.75. The summed E-state index contributed by atoms with van der Waals surface area (Å²) in [7, 11) is -3.06. The molecule has 0 amide bonds. The summed E-state index contributed by atoms with van der Waals surface area (Å²) in [6, 6.07) is 0.332. The van der Waals surface area contributed by atoms with Crippen LogP contribution in [0.4, 0.5) is 0 Å². The molecule has 1 rings (SSSR count). The van der Waals surface area contributed by atoms with E-state index in [9.17, 15) is 8.42 Å². The normalized spacial score (nSPS) is 21.2. The number of sulfone groups is 1. The molecule has 1 aliphatic carbocycles. The molecule has 1 fully saturated rings. The first-order valence-corrected chi connectivity index (χ1v) is 8.73. The van der Waals surface area contributed by atoms with Crippen LogP contribution in [0.25, 0.3) is 0 Å². The van der Waals surface area contributed by atoms with Gasteiger partial charge in [-0.3, -0.25) is 0 Å². The predicted molar refractivity (Wildman–Crippen MR) is 77.6 cm³/mol. The van der Waals surface area contributed by atoms with Crippen LogP contribution in [0.3, 0.4) is 0 Å². The quantitative estimate of drug-likeness (QED) is 0.858. The molecule has 0 aromatic heterocycles. The topological polar surface area (TPSA) is 46.2 Å². The van der Waals surface area contributed by atoms with Crippen molar-refractivity contribution in [1.29, 1.82) is 0 Å². The van der Waals surface area contributed by atoms with Crippen LogP contribution in [0.2, 0.25) is 0 Å². The van der Waals surface area contributed by atoms with E-state index in [4.69, 9.17) is 0 Å². The Hall–Kier alpha value is -0.0900. The highest BCUT2D eigenvalue weighted by atomic mass is 32.2. The van der Waals surface area contributed by atoms with Crippen LogP contribution < -0.4 is 5.32 Å². The second kappa shape index (κ2) is 5.49. The minimum atomic E-state index is -3.06. The van der Waals surface area contributed by atoms with E-state index >= 15 is 0 Å². The minimum Gasteiger partial charge on any atom is -0.308 e. The molecule has 0 aromatic rings. The highest BCUT2D eigenvalue weighted by Crippen LogP contribution is 2.32. The summed E-state index contributed by atoms with van der Waals surface area (Å²) < 4.78 is 24.3. The molecule has 0 spiro atoms. The van der Waals surface area contributed by atoms with Gasteiger partial charge in [0.15, 0.2) is 9.84 Å². The lowest BCUT2D eigenvalue weighted by molar-refractivity contribution is 0.239. The maximum absolute atomic E-state index is 12.5. The Kier molecular flexibility index (Phi) is 4.87. The molecular formula is C14H29NO2S. The summed E-state index contributed by atoms with van der Waals surface area (Å²) in [5.41, 5.74) is -0.196. The monoisotopic (exact) mass is 275 g/mol. The second-order valence-electron chi connectivity index (χ2n) is 7.01. The summed E-state index contributed by atoms with van der Waals surface area (Å²) >= 11 is 0. The van der Waals surface area contributed by atoms with Crippen LogP contribution in [-0.2, 0) is 9.84 Å². The van der Waals surface area contributed by atoms with Gasteiger partial charge in [0.05, 0.1) is 10.5 Å². The SMILES string of the molecule is CC(C)NC1(CS(=O)(=O)C(C)(C)C)CCCCC1. The summed E-state index contributed by atoms with van der Waals surface area (Å²) in [6.45, 7) is 9.59. The second-order valence-corrected chi connectivity index (χ2v) is 9.75. The van der Waals surface area contributed by atoms with E-state index < -0.39 is 14.6 Å². The van der Waals surface area contributed by atoms with Gasteiger partial charge in [-0.25, -0.2) is 8.42 Å². The highest BCUT2D eigenvalue weighted by Gasteiger charge is 2.41. The smallest absolute Gasteiger partial charge is 0.156 e. The van der Waals surface area contributed by atoms with Crippen LogP contribution in [0, 0.1) is 0 Å². The first-order chi connectivity index (χ1) is 8.08. The van der Waals surface area contributed by atoms with E-state index in [-0.39, 0.29) is 11.3 Å². The molecule has 1 aliphatic rings. The van der Waals surface area contributed by atoms with Gasteiger partial charge in [-0.15, -0.1) is 0 Å². The van der Waals surface area contributed by atoms with Crippen LogP contribution in [0.5, 0.6) is 0 Å². The summed E-state index contributed by atoms with van der Waals surface area (Å²) in [4.78, 5) is 0. The van der Waals surface area contributed by atoms with Crippen molar-refractivity contribution in [2.75, 3.05) is 5.75 Å². The van der Waals surface area contributed by atoms with Gasteiger partial charge in [0.2, 0.25) is 0 Å². The molecule has 18 heavy (non-hydrogen) atoms. The van der Waals surface area contributed by atoms with Crippen LogP contribution in [-0.4, -0.2) is 30.5 Å². The van der Waals surface area contributed by atoms with Crippen molar-refractivity contribution in [3.05, 3.63) is 0 Å². The Balaban J connectivity index is 2.92. The van der Waals surface area contributed by atoms with E-state index in [2.05, 4.69) is 19.2 Å². The molecule has 1 saturated carbocycles. The van der Waals surface area contributed by atoms with Gasteiger partial charge in [-0.1, -0.05) is 33.1 Å². The average Bonchev–Trinajstić information content (AvgIpc) is 2.14. The standard InChI is InChI=1S/C14H29NO2S/c1-12(2)15-14(9-7-6-8-10-14)11-18(16,17)13(3,4)5/h12,15H,6-11H2,1-5H3. The van der Waals surface area contributed by atoms with Gasteiger partial charge < -0.3 is 5.32 Å². The lowest BCUT2D eigenvalue weighted by atomic mass is 9.82. The number of hydrogen-bond donors (Lipinski definition) is 1. The molecule has 0 saturated heterocycles. The van der Waals surface area contributed by atoms with Crippen LogP contribution in [0.1, 0.15) is 66.7 Å². The van der Waals surface area contributed by atoms with E-state index in [0.29, 0.717) is 6.04 Å². The zero-order chi connectivity index (χ0) is 14.0. The Bertz CT molecular complexity index is 360. The third-order valence-corrected chi connectivity index (χ3v) is 6.60. The third kappa shape index (κ3) is 3.95. The Morgan fingerprint density at radius 1 is 1.11 bits per heavy atom. The number of rotatable bonds is 4. The largest absolute Gasteiger partial charge is 0.308 e. The highest BCUT2D eigenvalue weighted by molar-refractivity contribution is 7.92. The van der Waals surface area contributed by atoms with E-state index in [0.717, 1.165) is 25.7 Å². The molecule has 1 N–H and O–H groups in total. The maximum atomic E-state index is 12.5. The average molecular weight is 275 g/mol. The number of nitrogens with one attached hydrogen (secondary N) is 1. The molecule has 0 atom stereocenters. The van der Waals surface area contributed by atoms with Crippen molar-refractivity contribution in [2.45, 2.75) is 83.1 Å². The molecule has 0 aliphatic heterocycles. The minimum absolute atomic E-state index is 0.196. The van der Waals surface area contributed by atoms with E-state index in [1.807, 2.05) is 0 Å². The van der Waals surface area contributed by atoms with Gasteiger partial charge in [-0.2, -0.15) is 0 Å². The summed E-state index contributed by atoms with van der Waals surface area (Å²) in [5, 5.41) is 3.54. The van der Waals surface area contributed by atoms with Gasteiger partial charge in [0.25, 0.3) is 0 Å². The molecular weight excluding hydrogens is 246 g/mol. The molecule has 0 bridgehead atoms. The molecule has 0 unspecified atom stereocenters. The Morgan fingerprint density at radius 3 is 2.00 bits per heavy atom. The van der Waals surface area contributed by atoms with Crippen LogP contribution >= 0.6 is 0 Å². The van der Waals surface area contributed by atoms with Crippen LogP contribution in [0.15, 0.2) is 0 Å². The molecule has 0 radical (unpaired) electrons. The van der Waals surface area contributed by atoms with Gasteiger partial charge in [0.1, 0.15) is 0 Å². The van der Waals surface area contributed by atoms with Crippen molar-refractivity contribution in [1.82, 2.24) is 5.32 Å².